The highest BCUT2D eigenvalue weighted by molar-refractivity contribution is 5.28. The molecule has 2 N–H and O–H groups in total. The van der Waals surface area contributed by atoms with E-state index in [4.69, 9.17) is 5.73 Å². The van der Waals surface area contributed by atoms with Gasteiger partial charge in [0.05, 0.1) is 6.54 Å². The van der Waals surface area contributed by atoms with E-state index in [0.717, 1.165) is 0 Å². The second kappa shape index (κ2) is 5.43. The van der Waals surface area contributed by atoms with Crippen molar-refractivity contribution in [3.63, 3.8) is 0 Å². The summed E-state index contributed by atoms with van der Waals surface area (Å²) >= 11 is 0. The van der Waals surface area contributed by atoms with E-state index in [2.05, 4.69) is 9.97 Å². The maximum absolute atomic E-state index is 12.2. The first-order chi connectivity index (χ1) is 6.74. The van der Waals surface area contributed by atoms with E-state index in [-0.39, 0.29) is 6.54 Å². The third-order valence-corrected chi connectivity index (χ3v) is 1.59. The second-order valence-corrected chi connectivity index (χ2v) is 2.67. The number of rotatable bonds is 5. The van der Waals surface area contributed by atoms with Gasteiger partial charge in [-0.1, -0.05) is 0 Å². The third kappa shape index (κ3) is 3.21. The molecule has 0 atom stereocenters. The van der Waals surface area contributed by atoms with Crippen molar-refractivity contribution in [1.29, 1.82) is 0 Å². The van der Waals surface area contributed by atoms with Crippen molar-refractivity contribution < 1.29 is 8.78 Å². The van der Waals surface area contributed by atoms with Crippen molar-refractivity contribution in [2.75, 3.05) is 24.5 Å². The van der Waals surface area contributed by atoms with E-state index in [1.807, 2.05) is 0 Å². The molecule has 0 aliphatic heterocycles. The summed E-state index contributed by atoms with van der Waals surface area (Å²) < 4.78 is 24.3. The zero-order valence-corrected chi connectivity index (χ0v) is 7.61. The maximum Gasteiger partial charge on any atom is 0.255 e. The highest BCUT2D eigenvalue weighted by Crippen LogP contribution is 2.06. The van der Waals surface area contributed by atoms with Crippen LogP contribution in [0.5, 0.6) is 0 Å². The summed E-state index contributed by atoms with van der Waals surface area (Å²) in [5, 5.41) is 0. The summed E-state index contributed by atoms with van der Waals surface area (Å²) in [5.74, 6) is 0.290. The summed E-state index contributed by atoms with van der Waals surface area (Å²) in [6.07, 6.45) is 0.611. The first kappa shape index (κ1) is 10.8. The van der Waals surface area contributed by atoms with Crippen LogP contribution in [0.2, 0.25) is 0 Å². The quantitative estimate of drug-likeness (QED) is 0.755. The lowest BCUT2D eigenvalue weighted by molar-refractivity contribution is 0.154. The molecule has 0 bridgehead atoms. The van der Waals surface area contributed by atoms with Gasteiger partial charge in [0.25, 0.3) is 6.43 Å². The molecule has 1 rings (SSSR count). The number of nitrogens with zero attached hydrogens (tertiary/aromatic N) is 3. The minimum absolute atomic E-state index is 0.290. The zero-order valence-electron chi connectivity index (χ0n) is 7.61. The van der Waals surface area contributed by atoms with Crippen LogP contribution in [0.3, 0.4) is 0 Å². The second-order valence-electron chi connectivity index (χ2n) is 2.67. The monoisotopic (exact) mass is 202 g/mol. The standard InChI is InChI=1S/C8H12F2N4/c9-7(10)6-14(5-2-11)8-12-3-1-4-13-8/h1,3-4,7H,2,5-6,11H2. The van der Waals surface area contributed by atoms with Crippen LogP contribution >= 0.6 is 0 Å². The lowest BCUT2D eigenvalue weighted by Gasteiger charge is -2.20. The van der Waals surface area contributed by atoms with E-state index in [9.17, 15) is 8.78 Å². The Labute approximate surface area is 80.8 Å². The van der Waals surface area contributed by atoms with Crippen LogP contribution in [0, 0.1) is 0 Å². The van der Waals surface area contributed by atoms with E-state index in [1.165, 1.54) is 17.3 Å². The summed E-state index contributed by atoms with van der Waals surface area (Å²) in [7, 11) is 0. The molecule has 1 aromatic heterocycles. The van der Waals surface area contributed by atoms with Crippen LogP contribution in [0.25, 0.3) is 0 Å². The van der Waals surface area contributed by atoms with E-state index in [1.54, 1.807) is 6.07 Å². The molecular weight excluding hydrogens is 190 g/mol. The molecule has 0 fully saturated rings. The number of aromatic nitrogens is 2. The zero-order chi connectivity index (χ0) is 10.4. The number of nitrogens with two attached hydrogens (primary N) is 1. The maximum atomic E-state index is 12.2. The summed E-state index contributed by atoms with van der Waals surface area (Å²) in [6, 6.07) is 1.63. The minimum Gasteiger partial charge on any atom is -0.334 e. The van der Waals surface area contributed by atoms with Crippen LogP contribution in [0.4, 0.5) is 14.7 Å². The minimum atomic E-state index is -2.41. The smallest absolute Gasteiger partial charge is 0.255 e. The van der Waals surface area contributed by atoms with Gasteiger partial charge in [-0.05, 0) is 6.07 Å². The van der Waals surface area contributed by atoms with Crippen molar-refractivity contribution in [2.24, 2.45) is 5.73 Å². The number of hydrogen-bond acceptors (Lipinski definition) is 4. The predicted octanol–water partition coefficient (Wildman–Crippen LogP) is 0.507. The van der Waals surface area contributed by atoms with E-state index < -0.39 is 6.43 Å². The highest BCUT2D eigenvalue weighted by Gasteiger charge is 2.13. The number of anilines is 1. The van der Waals surface area contributed by atoms with Gasteiger partial charge in [-0.2, -0.15) is 0 Å². The Bertz CT molecular complexity index is 255. The average Bonchev–Trinajstić information content (AvgIpc) is 2.18. The van der Waals surface area contributed by atoms with Gasteiger partial charge in [-0.3, -0.25) is 0 Å². The van der Waals surface area contributed by atoms with Gasteiger partial charge in [-0.15, -0.1) is 0 Å². The number of hydrogen-bond donors (Lipinski definition) is 1. The molecule has 0 saturated carbocycles. The Kier molecular flexibility index (Phi) is 4.18. The van der Waals surface area contributed by atoms with Crippen molar-refractivity contribution in [3.8, 4) is 0 Å². The predicted molar refractivity (Wildman–Crippen MR) is 49.3 cm³/mol. The molecule has 1 heterocycles. The molecule has 78 valence electrons. The fraction of sp³-hybridized carbons (Fsp3) is 0.500. The fourth-order valence-electron chi connectivity index (χ4n) is 1.05. The Morgan fingerprint density at radius 1 is 1.36 bits per heavy atom. The summed E-state index contributed by atoms with van der Waals surface area (Å²) in [4.78, 5) is 9.12. The first-order valence-corrected chi connectivity index (χ1v) is 4.24. The molecule has 0 unspecified atom stereocenters. The van der Waals surface area contributed by atoms with Gasteiger partial charge in [-0.25, -0.2) is 18.7 Å². The van der Waals surface area contributed by atoms with Gasteiger partial charge < -0.3 is 10.6 Å². The molecule has 0 saturated heterocycles. The molecule has 0 spiro atoms. The number of alkyl halides is 2. The van der Waals surface area contributed by atoms with Gasteiger partial charge in [0, 0.05) is 25.5 Å². The molecule has 4 nitrogen and oxygen atoms in total. The average molecular weight is 202 g/mol. The summed E-state index contributed by atoms with van der Waals surface area (Å²) in [6.45, 7) is 0.237. The Morgan fingerprint density at radius 3 is 2.50 bits per heavy atom. The molecular formula is C8H12F2N4. The molecule has 0 amide bonds. The van der Waals surface area contributed by atoms with Gasteiger partial charge in [0.15, 0.2) is 0 Å². The van der Waals surface area contributed by atoms with Gasteiger partial charge in [0.1, 0.15) is 0 Å². The molecule has 14 heavy (non-hydrogen) atoms. The molecule has 0 aliphatic rings. The van der Waals surface area contributed by atoms with E-state index in [0.29, 0.717) is 19.0 Å². The molecule has 0 aliphatic carbocycles. The molecule has 0 aromatic carbocycles. The van der Waals surface area contributed by atoms with Crippen molar-refractivity contribution >= 4 is 5.95 Å². The normalized spacial score (nSPS) is 10.6. The number of halogens is 2. The topological polar surface area (TPSA) is 55.0 Å². The molecule has 0 radical (unpaired) electrons. The Balaban J connectivity index is 2.67. The molecule has 1 aromatic rings. The van der Waals surface area contributed by atoms with Crippen molar-refractivity contribution in [3.05, 3.63) is 18.5 Å². The highest BCUT2D eigenvalue weighted by atomic mass is 19.3. The molecule has 6 heteroatoms. The largest absolute Gasteiger partial charge is 0.334 e. The van der Waals surface area contributed by atoms with Gasteiger partial charge in [0.2, 0.25) is 5.95 Å². The summed E-state index contributed by atoms with van der Waals surface area (Å²) in [5.41, 5.74) is 5.30. The van der Waals surface area contributed by atoms with Crippen LogP contribution < -0.4 is 10.6 Å². The Hall–Kier alpha value is -1.30. The Morgan fingerprint density at radius 2 is 2.00 bits per heavy atom. The van der Waals surface area contributed by atoms with E-state index >= 15 is 0 Å². The first-order valence-electron chi connectivity index (χ1n) is 4.24. The van der Waals surface area contributed by atoms with Crippen LogP contribution in [0.15, 0.2) is 18.5 Å². The lowest BCUT2D eigenvalue weighted by Crippen LogP contribution is -2.34. The van der Waals surface area contributed by atoms with Crippen LogP contribution in [0.1, 0.15) is 0 Å². The van der Waals surface area contributed by atoms with Crippen molar-refractivity contribution in [1.82, 2.24) is 9.97 Å². The third-order valence-electron chi connectivity index (χ3n) is 1.59. The van der Waals surface area contributed by atoms with Crippen molar-refractivity contribution in [2.45, 2.75) is 6.43 Å². The lowest BCUT2D eigenvalue weighted by atomic mass is 10.5. The van der Waals surface area contributed by atoms with Crippen LogP contribution in [-0.4, -0.2) is 36.0 Å². The van der Waals surface area contributed by atoms with Gasteiger partial charge >= 0.3 is 0 Å². The fourth-order valence-corrected chi connectivity index (χ4v) is 1.05. The van der Waals surface area contributed by atoms with Crippen LogP contribution in [-0.2, 0) is 0 Å². The SMILES string of the molecule is NCCN(CC(F)F)c1ncccn1.